The Morgan fingerprint density at radius 1 is 0.833 bits per heavy atom. The molecule has 8 fully saturated rings. The van der Waals surface area contributed by atoms with Crippen molar-refractivity contribution in [3.05, 3.63) is 11.1 Å². The van der Waals surface area contributed by atoms with Crippen LogP contribution in [-0.2, 0) is 23.9 Å². The summed E-state index contributed by atoms with van der Waals surface area (Å²) in [5.74, 6) is 1.19. The first-order chi connectivity index (χ1) is 14.5. The van der Waals surface area contributed by atoms with Crippen LogP contribution in [0.5, 0.6) is 0 Å². The van der Waals surface area contributed by atoms with E-state index in [0.29, 0.717) is 5.78 Å². The number of ketones is 1. The van der Waals surface area contributed by atoms with Crippen LogP contribution in [0.15, 0.2) is 11.1 Å². The van der Waals surface area contributed by atoms with Crippen molar-refractivity contribution in [3.63, 3.8) is 0 Å². The maximum atomic E-state index is 13.8. The van der Waals surface area contributed by atoms with Gasteiger partial charge in [0.05, 0.1) is 25.7 Å². The summed E-state index contributed by atoms with van der Waals surface area (Å²) in [6.45, 7) is 0. The van der Waals surface area contributed by atoms with Gasteiger partial charge < -0.3 is 14.6 Å². The lowest BCUT2D eigenvalue weighted by atomic mass is 9.66. The summed E-state index contributed by atoms with van der Waals surface area (Å²) in [5, 5.41) is 12.6. The lowest BCUT2D eigenvalue weighted by molar-refractivity contribution is -0.177. The van der Waals surface area contributed by atoms with Gasteiger partial charge >= 0.3 is 11.9 Å². The van der Waals surface area contributed by atoms with Crippen LogP contribution in [0, 0.1) is 94.2 Å². The highest BCUT2D eigenvalue weighted by molar-refractivity contribution is 5.97. The Hall–Kier alpha value is -1.69. The van der Waals surface area contributed by atoms with Crippen LogP contribution >= 0.6 is 0 Å². The van der Waals surface area contributed by atoms with Gasteiger partial charge in [-0.3, -0.25) is 14.4 Å². The standard InChI is InChI=1S/C24H22O6/c1-29-21(26)13-3-5-11-9-10-12(20(11)25)6-4(13)8-7(3)16-14(5)18(9)24(28)19(10)15(6)17(8)23(16,24)22(27)30-2/h3-5,7-14,16-19,28H,1-2H3. The molecule has 0 bridgehead atoms. The smallest absolute Gasteiger partial charge is 0.315 e. The van der Waals surface area contributed by atoms with Crippen LogP contribution in [0.4, 0.5) is 0 Å². The Kier molecular flexibility index (Phi) is 1.83. The molecular weight excluding hydrogens is 384 g/mol. The molecule has 0 aromatic rings. The van der Waals surface area contributed by atoms with E-state index < -0.39 is 11.0 Å². The molecule has 0 radical (unpaired) electrons. The molecule has 30 heavy (non-hydrogen) atoms. The number of carbonyl (C=O) groups is 3. The van der Waals surface area contributed by atoms with Gasteiger partial charge in [0.1, 0.15) is 11.2 Å². The van der Waals surface area contributed by atoms with Crippen LogP contribution in [0.3, 0.4) is 0 Å². The van der Waals surface area contributed by atoms with Gasteiger partial charge in [0.25, 0.3) is 0 Å². The second-order valence-electron chi connectivity index (χ2n) is 12.1. The number of fused-ring (bicyclic) bond motifs is 4. The molecule has 0 spiro atoms. The van der Waals surface area contributed by atoms with Crippen LogP contribution in [0.1, 0.15) is 0 Å². The van der Waals surface area contributed by atoms with Crippen molar-refractivity contribution in [2.45, 2.75) is 5.60 Å². The predicted molar refractivity (Wildman–Crippen MR) is 95.8 cm³/mol. The first-order valence-corrected chi connectivity index (χ1v) is 11.7. The van der Waals surface area contributed by atoms with Crippen molar-refractivity contribution in [3.8, 4) is 0 Å². The molecule has 0 aromatic heterocycles. The molecule has 0 saturated heterocycles. The summed E-state index contributed by atoms with van der Waals surface area (Å²) in [6.07, 6.45) is 0. The van der Waals surface area contributed by atoms with Crippen molar-refractivity contribution in [2.75, 3.05) is 14.2 Å². The highest BCUT2D eigenvalue weighted by atomic mass is 16.5. The number of carbonyl (C=O) groups excluding carboxylic acids is 3. The van der Waals surface area contributed by atoms with E-state index >= 15 is 0 Å². The molecule has 17 atom stereocenters. The molecule has 10 rings (SSSR count). The number of esters is 2. The molecule has 154 valence electrons. The highest BCUT2D eigenvalue weighted by Crippen LogP contribution is 2.99. The summed E-state index contributed by atoms with van der Waals surface area (Å²) >= 11 is 0. The van der Waals surface area contributed by atoms with E-state index in [9.17, 15) is 19.5 Å². The van der Waals surface area contributed by atoms with Gasteiger partial charge in [0.15, 0.2) is 0 Å². The maximum absolute atomic E-state index is 13.8. The van der Waals surface area contributed by atoms with Crippen molar-refractivity contribution in [1.29, 1.82) is 0 Å². The molecule has 10 aliphatic carbocycles. The van der Waals surface area contributed by atoms with Gasteiger partial charge in [-0.05, 0) is 59.2 Å². The van der Waals surface area contributed by atoms with E-state index in [1.165, 1.54) is 25.4 Å². The zero-order chi connectivity index (χ0) is 20.0. The Bertz CT molecular complexity index is 1140. The minimum Gasteiger partial charge on any atom is -0.469 e. The second kappa shape index (κ2) is 3.62. The molecule has 0 aliphatic heterocycles. The monoisotopic (exact) mass is 406 g/mol. The third kappa shape index (κ3) is 0.844. The zero-order valence-corrected chi connectivity index (χ0v) is 16.6. The van der Waals surface area contributed by atoms with E-state index in [-0.39, 0.29) is 101 Å². The van der Waals surface area contributed by atoms with Gasteiger partial charge in [0, 0.05) is 23.7 Å². The Labute approximate surface area is 172 Å². The fourth-order valence-corrected chi connectivity index (χ4v) is 14.0. The van der Waals surface area contributed by atoms with Crippen molar-refractivity contribution in [2.24, 2.45) is 94.2 Å². The fourth-order valence-electron chi connectivity index (χ4n) is 14.0. The topological polar surface area (TPSA) is 89.9 Å². The average molecular weight is 406 g/mol. The van der Waals surface area contributed by atoms with E-state index in [2.05, 4.69) is 0 Å². The fraction of sp³-hybridized carbons (Fsp3) is 0.792. The number of hydrogen-bond acceptors (Lipinski definition) is 6. The lowest BCUT2D eigenvalue weighted by Crippen LogP contribution is -2.55. The SMILES string of the molecule is COC(=O)C1C2C3=C4C5C6C3C(=O)C3C7C1C1C2C4C2(C(=O)OC)C1C7C(C36)C52O. The maximum Gasteiger partial charge on any atom is 0.315 e. The van der Waals surface area contributed by atoms with E-state index in [1.807, 2.05) is 0 Å². The molecule has 0 heterocycles. The van der Waals surface area contributed by atoms with Crippen LogP contribution in [0.25, 0.3) is 0 Å². The van der Waals surface area contributed by atoms with Gasteiger partial charge in [-0.25, -0.2) is 0 Å². The summed E-state index contributed by atoms with van der Waals surface area (Å²) in [7, 11) is 2.96. The van der Waals surface area contributed by atoms with Crippen molar-refractivity contribution in [1.82, 2.24) is 0 Å². The van der Waals surface area contributed by atoms with Crippen LogP contribution in [-0.4, -0.2) is 42.6 Å². The molecule has 6 nitrogen and oxygen atoms in total. The summed E-state index contributed by atoms with van der Waals surface area (Å²) in [4.78, 5) is 40.7. The third-order valence-electron chi connectivity index (χ3n) is 13.1. The highest BCUT2D eigenvalue weighted by Gasteiger charge is 3.02. The molecule has 6 heteroatoms. The van der Waals surface area contributed by atoms with E-state index in [0.717, 1.165) is 0 Å². The Balaban J connectivity index is 1.42. The van der Waals surface area contributed by atoms with Gasteiger partial charge in [-0.15, -0.1) is 0 Å². The second-order valence-corrected chi connectivity index (χ2v) is 12.1. The number of aliphatic hydroxyl groups is 1. The zero-order valence-electron chi connectivity index (χ0n) is 16.6. The summed E-state index contributed by atoms with van der Waals surface area (Å²) < 4.78 is 10.8. The molecule has 0 aromatic carbocycles. The molecule has 10 aliphatic rings. The van der Waals surface area contributed by atoms with Crippen molar-refractivity contribution >= 4 is 17.7 Å². The lowest BCUT2D eigenvalue weighted by Gasteiger charge is -2.40. The van der Waals surface area contributed by atoms with E-state index in [1.54, 1.807) is 0 Å². The minimum absolute atomic E-state index is 0.0160. The Morgan fingerprint density at radius 2 is 1.63 bits per heavy atom. The quantitative estimate of drug-likeness (QED) is 0.524. The van der Waals surface area contributed by atoms with Crippen LogP contribution in [0.2, 0.25) is 0 Å². The van der Waals surface area contributed by atoms with Crippen LogP contribution < -0.4 is 0 Å². The average Bonchev–Trinajstić information content (AvgIpc) is 3.51. The molecular formula is C24H22O6. The summed E-state index contributed by atoms with van der Waals surface area (Å²) in [5.41, 5.74) is 0.578. The first-order valence-electron chi connectivity index (χ1n) is 11.7. The third-order valence-corrected chi connectivity index (χ3v) is 13.1. The number of rotatable bonds is 2. The molecule has 1 N–H and O–H groups in total. The Morgan fingerprint density at radius 3 is 2.37 bits per heavy atom. The first kappa shape index (κ1) is 15.2. The van der Waals surface area contributed by atoms with Gasteiger partial charge in [0.2, 0.25) is 0 Å². The van der Waals surface area contributed by atoms with Gasteiger partial charge in [-0.2, -0.15) is 0 Å². The number of methoxy groups -OCH3 is 2. The molecule has 8 saturated carbocycles. The number of Topliss-reactive ketones (excluding diaryl/α,β-unsaturated/α-hetero) is 1. The molecule has 0 amide bonds. The number of hydrogen-bond donors (Lipinski definition) is 1. The molecule has 17 unspecified atom stereocenters. The normalized spacial score (nSPS) is 72.6. The van der Waals surface area contributed by atoms with Gasteiger partial charge in [-0.1, -0.05) is 11.1 Å². The van der Waals surface area contributed by atoms with Crippen molar-refractivity contribution < 1.29 is 29.0 Å². The van der Waals surface area contributed by atoms with E-state index in [4.69, 9.17) is 9.47 Å². The summed E-state index contributed by atoms with van der Waals surface area (Å²) in [6, 6.07) is 0. The predicted octanol–water partition coefficient (Wildman–Crippen LogP) is 0.295. The number of ether oxygens (including phenoxy) is 2. The number of allylic oxidation sites excluding steroid dienone is 1. The minimum atomic E-state index is -1.03. The largest absolute Gasteiger partial charge is 0.469 e.